The summed E-state index contributed by atoms with van der Waals surface area (Å²) >= 11 is 0. The Bertz CT molecular complexity index is 836. The second kappa shape index (κ2) is 5.30. The molecule has 0 spiro atoms. The smallest absolute Gasteiger partial charge is 0.0728 e. The van der Waals surface area contributed by atoms with Crippen molar-refractivity contribution in [3.8, 4) is 0 Å². The zero-order valence-electron chi connectivity index (χ0n) is 12.6. The Balaban J connectivity index is 1.73. The molecule has 1 heterocycles. The molecule has 1 unspecified atom stereocenters. The number of hydrogen-bond donors (Lipinski definition) is 0. The van der Waals surface area contributed by atoms with E-state index in [4.69, 9.17) is 5.10 Å². The topological polar surface area (TPSA) is 15.6 Å². The van der Waals surface area contributed by atoms with Crippen molar-refractivity contribution < 1.29 is 0 Å². The summed E-state index contributed by atoms with van der Waals surface area (Å²) in [4.78, 5) is 0. The summed E-state index contributed by atoms with van der Waals surface area (Å²) in [5.74, 6) is 0.432. The van der Waals surface area contributed by atoms with Crippen molar-refractivity contribution in [1.82, 2.24) is 0 Å². The van der Waals surface area contributed by atoms with E-state index in [0.717, 1.165) is 12.2 Å². The van der Waals surface area contributed by atoms with E-state index >= 15 is 0 Å². The highest BCUT2D eigenvalue weighted by molar-refractivity contribution is 6.06. The second-order valence-electron chi connectivity index (χ2n) is 5.87. The van der Waals surface area contributed by atoms with Crippen molar-refractivity contribution in [3.63, 3.8) is 0 Å². The van der Waals surface area contributed by atoms with E-state index in [1.54, 1.807) is 0 Å². The van der Waals surface area contributed by atoms with Crippen LogP contribution in [0.5, 0.6) is 0 Å². The molecule has 3 aromatic rings. The summed E-state index contributed by atoms with van der Waals surface area (Å²) in [6, 6.07) is 25.5. The lowest BCUT2D eigenvalue weighted by molar-refractivity contribution is 0.776. The molecule has 0 aliphatic carbocycles. The monoisotopic (exact) mass is 286 g/mol. The summed E-state index contributed by atoms with van der Waals surface area (Å²) in [7, 11) is 0. The molecule has 0 fully saturated rings. The number of nitrogens with zero attached hydrogens (tertiary/aromatic N) is 2. The van der Waals surface area contributed by atoms with Crippen LogP contribution < -0.4 is 5.01 Å². The molecular formula is C20H18N2. The largest absolute Gasteiger partial charge is 0.265 e. The van der Waals surface area contributed by atoms with Crippen LogP contribution >= 0.6 is 0 Å². The quantitative estimate of drug-likeness (QED) is 0.666. The SMILES string of the molecule is CC1CN(c2ccccc2)N=C1c1ccc2ccccc2c1. The van der Waals surface area contributed by atoms with Crippen LogP contribution in [0.3, 0.4) is 0 Å². The number of fused-ring (bicyclic) bond motifs is 1. The molecule has 2 heteroatoms. The van der Waals surface area contributed by atoms with Crippen LogP contribution in [0, 0.1) is 5.92 Å². The molecule has 0 amide bonds. The molecule has 3 aromatic carbocycles. The maximum atomic E-state index is 4.87. The van der Waals surface area contributed by atoms with Gasteiger partial charge in [0.1, 0.15) is 0 Å². The first-order valence-corrected chi connectivity index (χ1v) is 7.71. The minimum Gasteiger partial charge on any atom is -0.265 e. The third kappa shape index (κ3) is 2.27. The predicted octanol–water partition coefficient (Wildman–Crippen LogP) is 4.70. The first-order chi connectivity index (χ1) is 10.8. The molecule has 1 atom stereocenters. The highest BCUT2D eigenvalue weighted by atomic mass is 15.5. The molecule has 22 heavy (non-hydrogen) atoms. The fourth-order valence-electron chi connectivity index (χ4n) is 3.07. The van der Waals surface area contributed by atoms with Gasteiger partial charge in [0.15, 0.2) is 0 Å². The Morgan fingerprint density at radius 1 is 0.864 bits per heavy atom. The molecular weight excluding hydrogens is 268 g/mol. The van der Waals surface area contributed by atoms with E-state index in [0.29, 0.717) is 5.92 Å². The Labute approximate surface area is 130 Å². The van der Waals surface area contributed by atoms with Gasteiger partial charge in [-0.2, -0.15) is 5.10 Å². The molecule has 0 N–H and O–H groups in total. The van der Waals surface area contributed by atoms with Gasteiger partial charge in [0.2, 0.25) is 0 Å². The number of hydrogen-bond acceptors (Lipinski definition) is 2. The average Bonchev–Trinajstić information content (AvgIpc) is 2.97. The van der Waals surface area contributed by atoms with Crippen LogP contribution in [-0.2, 0) is 0 Å². The van der Waals surface area contributed by atoms with Crippen LogP contribution in [0.1, 0.15) is 12.5 Å². The molecule has 108 valence electrons. The maximum absolute atomic E-state index is 4.87. The predicted molar refractivity (Wildman–Crippen MR) is 93.4 cm³/mol. The fraction of sp³-hybridized carbons (Fsp3) is 0.150. The lowest BCUT2D eigenvalue weighted by atomic mass is 9.97. The van der Waals surface area contributed by atoms with Gasteiger partial charge in [-0.05, 0) is 34.5 Å². The van der Waals surface area contributed by atoms with Crippen molar-refractivity contribution in [1.29, 1.82) is 0 Å². The molecule has 4 rings (SSSR count). The first kappa shape index (κ1) is 13.1. The number of rotatable bonds is 2. The van der Waals surface area contributed by atoms with Gasteiger partial charge in [-0.15, -0.1) is 0 Å². The van der Waals surface area contributed by atoms with Crippen LogP contribution in [-0.4, -0.2) is 12.3 Å². The van der Waals surface area contributed by atoms with Crippen LogP contribution in [0.15, 0.2) is 77.9 Å². The first-order valence-electron chi connectivity index (χ1n) is 7.71. The Morgan fingerprint density at radius 3 is 2.41 bits per heavy atom. The number of anilines is 1. The molecule has 1 aliphatic rings. The van der Waals surface area contributed by atoms with Gasteiger partial charge < -0.3 is 0 Å². The Hall–Kier alpha value is -2.61. The minimum atomic E-state index is 0.432. The van der Waals surface area contributed by atoms with Gasteiger partial charge in [-0.1, -0.05) is 61.5 Å². The molecule has 2 nitrogen and oxygen atoms in total. The minimum absolute atomic E-state index is 0.432. The normalized spacial score (nSPS) is 17.8. The van der Waals surface area contributed by atoms with Gasteiger partial charge in [0.05, 0.1) is 11.4 Å². The van der Waals surface area contributed by atoms with E-state index in [9.17, 15) is 0 Å². The third-order valence-electron chi connectivity index (χ3n) is 4.24. The fourth-order valence-corrected chi connectivity index (χ4v) is 3.07. The van der Waals surface area contributed by atoms with Crippen LogP contribution in [0.4, 0.5) is 5.69 Å². The third-order valence-corrected chi connectivity index (χ3v) is 4.24. The Kier molecular flexibility index (Phi) is 3.15. The maximum Gasteiger partial charge on any atom is 0.0728 e. The summed E-state index contributed by atoms with van der Waals surface area (Å²) in [6.45, 7) is 3.18. The lowest BCUT2D eigenvalue weighted by Crippen LogP contribution is -2.16. The van der Waals surface area contributed by atoms with Gasteiger partial charge >= 0.3 is 0 Å². The van der Waals surface area contributed by atoms with Crippen molar-refractivity contribution in [2.24, 2.45) is 11.0 Å². The van der Waals surface area contributed by atoms with Gasteiger partial charge in [-0.25, -0.2) is 0 Å². The van der Waals surface area contributed by atoms with E-state index < -0.39 is 0 Å². The number of para-hydroxylation sites is 1. The summed E-state index contributed by atoms with van der Waals surface area (Å²) < 4.78 is 0. The van der Waals surface area contributed by atoms with E-state index in [2.05, 4.69) is 78.7 Å². The summed E-state index contributed by atoms with van der Waals surface area (Å²) in [6.07, 6.45) is 0. The number of benzene rings is 3. The molecule has 0 aromatic heterocycles. The van der Waals surface area contributed by atoms with E-state index in [-0.39, 0.29) is 0 Å². The van der Waals surface area contributed by atoms with Gasteiger partial charge in [-0.3, -0.25) is 5.01 Å². The Morgan fingerprint density at radius 2 is 1.59 bits per heavy atom. The second-order valence-corrected chi connectivity index (χ2v) is 5.87. The van der Waals surface area contributed by atoms with E-state index in [1.165, 1.54) is 22.0 Å². The molecule has 1 aliphatic heterocycles. The summed E-state index contributed by atoms with van der Waals surface area (Å²) in [5.41, 5.74) is 3.56. The van der Waals surface area contributed by atoms with Crippen molar-refractivity contribution in [3.05, 3.63) is 78.4 Å². The van der Waals surface area contributed by atoms with Crippen molar-refractivity contribution in [2.45, 2.75) is 6.92 Å². The zero-order valence-corrected chi connectivity index (χ0v) is 12.6. The zero-order chi connectivity index (χ0) is 14.9. The van der Waals surface area contributed by atoms with E-state index in [1.807, 2.05) is 6.07 Å². The van der Waals surface area contributed by atoms with Gasteiger partial charge in [0.25, 0.3) is 0 Å². The van der Waals surface area contributed by atoms with Crippen molar-refractivity contribution in [2.75, 3.05) is 11.6 Å². The lowest BCUT2D eigenvalue weighted by Gasteiger charge is -2.13. The molecule has 0 bridgehead atoms. The molecule has 0 saturated heterocycles. The summed E-state index contributed by atoms with van der Waals surface area (Å²) in [5, 5.41) is 9.52. The number of hydrazone groups is 1. The van der Waals surface area contributed by atoms with Crippen molar-refractivity contribution >= 4 is 22.2 Å². The van der Waals surface area contributed by atoms with Crippen LogP contribution in [0.2, 0.25) is 0 Å². The average molecular weight is 286 g/mol. The molecule has 0 radical (unpaired) electrons. The van der Waals surface area contributed by atoms with Gasteiger partial charge in [0, 0.05) is 12.5 Å². The highest BCUT2D eigenvalue weighted by Gasteiger charge is 2.24. The standard InChI is InChI=1S/C20H18N2/c1-15-14-22(19-9-3-2-4-10-19)21-20(15)18-12-11-16-7-5-6-8-17(16)13-18/h2-13,15H,14H2,1H3. The van der Waals surface area contributed by atoms with Crippen LogP contribution in [0.25, 0.3) is 10.8 Å². The highest BCUT2D eigenvalue weighted by Crippen LogP contribution is 2.26. The molecule has 0 saturated carbocycles.